The molecule has 0 unspecified atom stereocenters. The summed E-state index contributed by atoms with van der Waals surface area (Å²) in [6.07, 6.45) is 2.40. The second-order valence-electron chi connectivity index (χ2n) is 6.17. The highest BCUT2D eigenvalue weighted by Gasteiger charge is 2.41. The van der Waals surface area contributed by atoms with E-state index < -0.39 is 0 Å². The molecule has 0 bridgehead atoms. The molecule has 114 valence electrons. The van der Waals surface area contributed by atoms with Crippen molar-refractivity contribution in [2.75, 3.05) is 13.2 Å². The van der Waals surface area contributed by atoms with Gasteiger partial charge in [-0.3, -0.25) is 4.79 Å². The van der Waals surface area contributed by atoms with Gasteiger partial charge in [-0.2, -0.15) is 0 Å². The largest absolute Gasteiger partial charge is 0.396 e. The third-order valence-electron chi connectivity index (χ3n) is 4.38. The SMILES string of the molecule is O=C(Cc1ccc(-c2ccccc2)cc1)NCC1(CO)CC1. The summed E-state index contributed by atoms with van der Waals surface area (Å²) in [6.45, 7) is 0.753. The molecule has 2 aromatic carbocycles. The topological polar surface area (TPSA) is 49.3 Å². The van der Waals surface area contributed by atoms with Gasteiger partial charge < -0.3 is 10.4 Å². The van der Waals surface area contributed by atoms with Crippen LogP contribution in [-0.4, -0.2) is 24.2 Å². The Labute approximate surface area is 131 Å². The molecule has 22 heavy (non-hydrogen) atoms. The lowest BCUT2D eigenvalue weighted by Gasteiger charge is -2.12. The van der Waals surface area contributed by atoms with Crippen LogP contribution in [-0.2, 0) is 11.2 Å². The average Bonchev–Trinajstić information content (AvgIpc) is 3.35. The number of aliphatic hydroxyl groups is 1. The van der Waals surface area contributed by atoms with Crippen LogP contribution >= 0.6 is 0 Å². The number of nitrogens with one attached hydrogen (secondary N) is 1. The molecule has 3 nitrogen and oxygen atoms in total. The van der Waals surface area contributed by atoms with Crippen LogP contribution < -0.4 is 5.32 Å². The van der Waals surface area contributed by atoms with E-state index in [4.69, 9.17) is 0 Å². The summed E-state index contributed by atoms with van der Waals surface area (Å²) in [5.41, 5.74) is 3.30. The van der Waals surface area contributed by atoms with Gasteiger partial charge in [-0.25, -0.2) is 0 Å². The molecule has 2 N–H and O–H groups in total. The minimum absolute atomic E-state index is 0.0205. The van der Waals surface area contributed by atoms with Gasteiger partial charge in [0.1, 0.15) is 0 Å². The minimum atomic E-state index is -0.0349. The maximum absolute atomic E-state index is 12.0. The lowest BCUT2D eigenvalue weighted by Crippen LogP contribution is -2.32. The normalized spacial score (nSPS) is 15.3. The van der Waals surface area contributed by atoms with Gasteiger partial charge in [0.15, 0.2) is 0 Å². The molecule has 0 aromatic heterocycles. The molecular weight excluding hydrogens is 274 g/mol. The van der Waals surface area contributed by atoms with Crippen LogP contribution in [0, 0.1) is 5.41 Å². The first-order valence-corrected chi connectivity index (χ1v) is 7.73. The maximum Gasteiger partial charge on any atom is 0.224 e. The Balaban J connectivity index is 1.56. The number of benzene rings is 2. The quantitative estimate of drug-likeness (QED) is 0.861. The Bertz CT molecular complexity index is 630. The van der Waals surface area contributed by atoms with Crippen molar-refractivity contribution in [2.24, 2.45) is 5.41 Å². The first-order valence-electron chi connectivity index (χ1n) is 7.73. The van der Waals surface area contributed by atoms with Crippen LogP contribution in [0.4, 0.5) is 0 Å². The van der Waals surface area contributed by atoms with Crippen LogP contribution in [0.25, 0.3) is 11.1 Å². The summed E-state index contributed by atoms with van der Waals surface area (Å²) in [5.74, 6) is 0.0205. The fourth-order valence-electron chi connectivity index (χ4n) is 2.55. The van der Waals surface area contributed by atoms with Crippen LogP contribution in [0.1, 0.15) is 18.4 Å². The third kappa shape index (κ3) is 3.55. The smallest absolute Gasteiger partial charge is 0.224 e. The summed E-state index contributed by atoms with van der Waals surface area (Å²) in [5, 5.41) is 12.2. The van der Waals surface area contributed by atoms with E-state index in [-0.39, 0.29) is 17.9 Å². The first-order chi connectivity index (χ1) is 10.7. The van der Waals surface area contributed by atoms with Crippen LogP contribution in [0.15, 0.2) is 54.6 Å². The number of carbonyl (C=O) groups excluding carboxylic acids is 1. The van der Waals surface area contributed by atoms with Gasteiger partial charge in [0, 0.05) is 12.0 Å². The predicted octanol–water partition coefficient (Wildman–Crippen LogP) is 2.78. The van der Waals surface area contributed by atoms with Crippen LogP contribution in [0.5, 0.6) is 0 Å². The molecule has 1 aliphatic rings. The monoisotopic (exact) mass is 295 g/mol. The fraction of sp³-hybridized carbons (Fsp3) is 0.316. The second-order valence-corrected chi connectivity index (χ2v) is 6.17. The number of rotatable bonds is 6. The number of aliphatic hydroxyl groups excluding tert-OH is 1. The van der Waals surface area contributed by atoms with Gasteiger partial charge in [0.05, 0.1) is 13.0 Å². The van der Waals surface area contributed by atoms with Crippen molar-refractivity contribution in [3.63, 3.8) is 0 Å². The lowest BCUT2D eigenvalue weighted by atomic mass is 10.0. The molecule has 0 spiro atoms. The van der Waals surface area contributed by atoms with E-state index in [0.29, 0.717) is 13.0 Å². The maximum atomic E-state index is 12.0. The molecule has 0 atom stereocenters. The second kappa shape index (κ2) is 6.32. The van der Waals surface area contributed by atoms with E-state index in [9.17, 15) is 9.90 Å². The third-order valence-corrected chi connectivity index (χ3v) is 4.38. The Hall–Kier alpha value is -2.13. The number of amides is 1. The first kappa shape index (κ1) is 14.8. The highest BCUT2D eigenvalue weighted by molar-refractivity contribution is 5.79. The summed E-state index contributed by atoms with van der Waals surface area (Å²) >= 11 is 0. The molecular formula is C19H21NO2. The van der Waals surface area contributed by atoms with Crippen molar-refractivity contribution in [3.8, 4) is 11.1 Å². The van der Waals surface area contributed by atoms with Crippen molar-refractivity contribution in [1.29, 1.82) is 0 Å². The number of hydrogen-bond donors (Lipinski definition) is 2. The molecule has 1 saturated carbocycles. The van der Waals surface area contributed by atoms with E-state index in [1.54, 1.807) is 0 Å². The van der Waals surface area contributed by atoms with E-state index in [1.165, 1.54) is 5.56 Å². The number of hydrogen-bond acceptors (Lipinski definition) is 2. The molecule has 1 aliphatic carbocycles. The molecule has 1 fully saturated rings. The molecule has 0 radical (unpaired) electrons. The molecule has 2 aromatic rings. The van der Waals surface area contributed by atoms with E-state index in [0.717, 1.165) is 24.0 Å². The molecule has 0 heterocycles. The van der Waals surface area contributed by atoms with Crippen molar-refractivity contribution in [1.82, 2.24) is 5.32 Å². The van der Waals surface area contributed by atoms with Gasteiger partial charge >= 0.3 is 0 Å². The standard InChI is InChI=1S/C19H21NO2/c21-14-19(10-11-19)13-20-18(22)12-15-6-8-17(9-7-15)16-4-2-1-3-5-16/h1-9,21H,10-14H2,(H,20,22). The molecule has 0 aliphatic heterocycles. The summed E-state index contributed by atoms with van der Waals surface area (Å²) in [7, 11) is 0. The zero-order valence-corrected chi connectivity index (χ0v) is 12.6. The van der Waals surface area contributed by atoms with Gasteiger partial charge in [0.25, 0.3) is 0 Å². The van der Waals surface area contributed by atoms with Gasteiger partial charge in [-0.15, -0.1) is 0 Å². The highest BCUT2D eigenvalue weighted by atomic mass is 16.3. The summed E-state index contributed by atoms with van der Waals surface area (Å²) in [4.78, 5) is 12.0. The molecule has 3 rings (SSSR count). The van der Waals surface area contributed by atoms with Crippen molar-refractivity contribution in [3.05, 3.63) is 60.2 Å². The molecule has 1 amide bonds. The summed E-state index contributed by atoms with van der Waals surface area (Å²) in [6, 6.07) is 18.3. The average molecular weight is 295 g/mol. The van der Waals surface area contributed by atoms with Crippen LogP contribution in [0.2, 0.25) is 0 Å². The van der Waals surface area contributed by atoms with E-state index in [2.05, 4.69) is 17.4 Å². The minimum Gasteiger partial charge on any atom is -0.396 e. The van der Waals surface area contributed by atoms with Crippen molar-refractivity contribution < 1.29 is 9.90 Å². The molecule has 0 saturated heterocycles. The van der Waals surface area contributed by atoms with Crippen molar-refractivity contribution in [2.45, 2.75) is 19.3 Å². The fourth-order valence-corrected chi connectivity index (χ4v) is 2.55. The zero-order valence-electron chi connectivity index (χ0n) is 12.6. The Kier molecular flexibility index (Phi) is 4.25. The Morgan fingerprint density at radius 1 is 1.00 bits per heavy atom. The van der Waals surface area contributed by atoms with E-state index in [1.807, 2.05) is 42.5 Å². The lowest BCUT2D eigenvalue weighted by molar-refractivity contribution is -0.120. The number of carbonyl (C=O) groups is 1. The van der Waals surface area contributed by atoms with Gasteiger partial charge in [-0.05, 0) is 29.5 Å². The van der Waals surface area contributed by atoms with E-state index >= 15 is 0 Å². The summed E-state index contributed by atoms with van der Waals surface area (Å²) < 4.78 is 0. The predicted molar refractivity (Wildman–Crippen MR) is 87.3 cm³/mol. The molecule has 3 heteroatoms. The van der Waals surface area contributed by atoms with Gasteiger partial charge in [-0.1, -0.05) is 54.6 Å². The van der Waals surface area contributed by atoms with Crippen LogP contribution in [0.3, 0.4) is 0 Å². The zero-order chi connectivity index (χ0) is 15.4. The van der Waals surface area contributed by atoms with Gasteiger partial charge in [0.2, 0.25) is 5.91 Å². The highest BCUT2D eigenvalue weighted by Crippen LogP contribution is 2.44. The van der Waals surface area contributed by atoms with Crippen molar-refractivity contribution >= 4 is 5.91 Å². The Morgan fingerprint density at radius 2 is 1.64 bits per heavy atom. The Morgan fingerprint density at radius 3 is 2.23 bits per heavy atom.